The van der Waals surface area contributed by atoms with Crippen molar-refractivity contribution in [1.29, 1.82) is 0 Å². The molecule has 0 unspecified atom stereocenters. The average molecular weight is 387 g/mol. The zero-order chi connectivity index (χ0) is 17.5. The summed E-state index contributed by atoms with van der Waals surface area (Å²) in [7, 11) is 0. The number of aliphatic hydroxyl groups is 1. The Hall–Kier alpha value is -1.98. The third-order valence-electron chi connectivity index (χ3n) is 4.13. The second kappa shape index (κ2) is 6.15. The van der Waals surface area contributed by atoms with Crippen LogP contribution in [0.15, 0.2) is 51.9 Å². The van der Waals surface area contributed by atoms with Crippen molar-refractivity contribution in [1.82, 2.24) is 9.78 Å². The Labute approximate surface area is 148 Å². The molecule has 0 radical (unpaired) electrons. The number of halogens is 1. The summed E-state index contributed by atoms with van der Waals surface area (Å²) in [5.74, 6) is 0. The second-order valence-electron chi connectivity index (χ2n) is 6.81. The quantitative estimate of drug-likeness (QED) is 0.725. The number of rotatable bonds is 2. The molecule has 0 bridgehead atoms. The van der Waals surface area contributed by atoms with Crippen molar-refractivity contribution in [3.8, 4) is 5.69 Å². The van der Waals surface area contributed by atoms with Crippen LogP contribution >= 0.6 is 15.9 Å². The number of hydrogen-bond acceptors (Lipinski definition) is 3. The fourth-order valence-corrected chi connectivity index (χ4v) is 3.17. The molecule has 1 heterocycles. The van der Waals surface area contributed by atoms with Gasteiger partial charge in [-0.1, -0.05) is 48.8 Å². The fraction of sp³-hybridized carbons (Fsp3) is 0.263. The number of aromatic nitrogens is 2. The summed E-state index contributed by atoms with van der Waals surface area (Å²) in [5, 5.41) is 15.4. The number of hydrogen-bond donors (Lipinski definition) is 1. The summed E-state index contributed by atoms with van der Waals surface area (Å²) in [5.41, 5.74) is 2.20. The first-order valence-corrected chi connectivity index (χ1v) is 8.53. The Kier molecular flexibility index (Phi) is 4.32. The standard InChI is InChI=1S/C19H19BrN2O2/c1-19(2,3)13-7-8-14-12(9-13)10-21-22(18(14)24)17-6-4-5-16(20)15(17)11-23/h4-10,23H,11H2,1-3H3. The Balaban J connectivity index is 2.24. The first-order chi connectivity index (χ1) is 11.3. The summed E-state index contributed by atoms with van der Waals surface area (Å²) in [6.45, 7) is 6.24. The summed E-state index contributed by atoms with van der Waals surface area (Å²) >= 11 is 3.41. The van der Waals surface area contributed by atoms with Crippen LogP contribution in [0.2, 0.25) is 0 Å². The molecule has 0 aliphatic heterocycles. The van der Waals surface area contributed by atoms with Crippen LogP contribution in [0, 0.1) is 0 Å². The van der Waals surface area contributed by atoms with Gasteiger partial charge >= 0.3 is 0 Å². The molecule has 5 heteroatoms. The topological polar surface area (TPSA) is 55.1 Å². The maximum atomic E-state index is 12.9. The van der Waals surface area contributed by atoms with Crippen LogP contribution in [0.1, 0.15) is 31.9 Å². The molecular weight excluding hydrogens is 368 g/mol. The summed E-state index contributed by atoms with van der Waals surface area (Å²) in [6.07, 6.45) is 1.70. The van der Waals surface area contributed by atoms with Crippen molar-refractivity contribution in [2.24, 2.45) is 0 Å². The van der Waals surface area contributed by atoms with Crippen LogP contribution in [0.25, 0.3) is 16.5 Å². The molecule has 0 saturated carbocycles. The Morgan fingerprint density at radius 1 is 1.21 bits per heavy atom. The molecule has 0 spiro atoms. The van der Waals surface area contributed by atoms with Gasteiger partial charge in [-0.2, -0.15) is 9.78 Å². The molecule has 0 aliphatic carbocycles. The van der Waals surface area contributed by atoms with Crippen LogP contribution in [0.5, 0.6) is 0 Å². The third-order valence-corrected chi connectivity index (χ3v) is 4.88. The molecule has 0 atom stereocenters. The molecule has 1 aromatic heterocycles. The minimum absolute atomic E-state index is 0.0113. The van der Waals surface area contributed by atoms with E-state index in [-0.39, 0.29) is 17.6 Å². The van der Waals surface area contributed by atoms with E-state index in [0.29, 0.717) is 16.6 Å². The smallest absolute Gasteiger partial charge is 0.279 e. The van der Waals surface area contributed by atoms with Crippen molar-refractivity contribution in [3.63, 3.8) is 0 Å². The van der Waals surface area contributed by atoms with Crippen molar-refractivity contribution < 1.29 is 5.11 Å². The van der Waals surface area contributed by atoms with Gasteiger partial charge in [0.1, 0.15) is 0 Å². The Morgan fingerprint density at radius 3 is 2.62 bits per heavy atom. The minimum Gasteiger partial charge on any atom is -0.392 e. The van der Waals surface area contributed by atoms with E-state index in [9.17, 15) is 9.90 Å². The molecule has 3 aromatic rings. The zero-order valence-electron chi connectivity index (χ0n) is 13.9. The van der Waals surface area contributed by atoms with Gasteiger partial charge in [-0.05, 0) is 35.2 Å². The highest BCUT2D eigenvalue weighted by Gasteiger charge is 2.16. The highest BCUT2D eigenvalue weighted by molar-refractivity contribution is 9.10. The van der Waals surface area contributed by atoms with Crippen LogP contribution in [0.4, 0.5) is 0 Å². The average Bonchev–Trinajstić information content (AvgIpc) is 2.54. The number of benzene rings is 2. The Bertz CT molecular complexity index is 971. The largest absolute Gasteiger partial charge is 0.392 e. The lowest BCUT2D eigenvalue weighted by Crippen LogP contribution is -2.22. The molecule has 0 saturated heterocycles. The maximum Gasteiger partial charge on any atom is 0.279 e. The third kappa shape index (κ3) is 2.89. The first-order valence-electron chi connectivity index (χ1n) is 7.74. The van der Waals surface area contributed by atoms with Gasteiger partial charge in [0.25, 0.3) is 5.56 Å². The van der Waals surface area contributed by atoms with E-state index in [1.165, 1.54) is 4.68 Å². The van der Waals surface area contributed by atoms with E-state index in [2.05, 4.69) is 41.8 Å². The van der Waals surface area contributed by atoms with Crippen molar-refractivity contribution in [2.45, 2.75) is 32.8 Å². The van der Waals surface area contributed by atoms with E-state index in [4.69, 9.17) is 0 Å². The molecule has 0 fully saturated rings. The number of nitrogens with zero attached hydrogens (tertiary/aromatic N) is 2. The molecule has 0 aliphatic rings. The lowest BCUT2D eigenvalue weighted by atomic mass is 9.86. The molecule has 2 aromatic carbocycles. The molecule has 124 valence electrons. The molecule has 24 heavy (non-hydrogen) atoms. The van der Waals surface area contributed by atoms with Gasteiger partial charge in [0.15, 0.2) is 0 Å². The van der Waals surface area contributed by atoms with Crippen LogP contribution in [-0.2, 0) is 12.0 Å². The van der Waals surface area contributed by atoms with E-state index >= 15 is 0 Å². The second-order valence-corrected chi connectivity index (χ2v) is 7.66. The van der Waals surface area contributed by atoms with E-state index < -0.39 is 0 Å². The van der Waals surface area contributed by atoms with Crippen LogP contribution in [-0.4, -0.2) is 14.9 Å². The van der Waals surface area contributed by atoms with Crippen molar-refractivity contribution in [3.05, 3.63) is 68.5 Å². The van der Waals surface area contributed by atoms with Crippen LogP contribution in [0.3, 0.4) is 0 Å². The van der Waals surface area contributed by atoms with Crippen molar-refractivity contribution >= 4 is 26.7 Å². The predicted molar refractivity (Wildman–Crippen MR) is 99.7 cm³/mol. The molecule has 3 rings (SSSR count). The summed E-state index contributed by atoms with van der Waals surface area (Å²) in [6, 6.07) is 11.3. The van der Waals surface area contributed by atoms with Crippen molar-refractivity contribution in [2.75, 3.05) is 0 Å². The highest BCUT2D eigenvalue weighted by atomic mass is 79.9. The fourth-order valence-electron chi connectivity index (χ4n) is 2.69. The van der Waals surface area contributed by atoms with Gasteiger partial charge in [-0.25, -0.2) is 0 Å². The van der Waals surface area contributed by atoms with Gasteiger partial charge in [0.2, 0.25) is 0 Å². The monoisotopic (exact) mass is 386 g/mol. The van der Waals surface area contributed by atoms with E-state index in [1.807, 2.05) is 30.3 Å². The summed E-state index contributed by atoms with van der Waals surface area (Å²) in [4.78, 5) is 12.9. The first kappa shape index (κ1) is 16.9. The van der Waals surface area contributed by atoms with E-state index in [1.54, 1.807) is 12.3 Å². The molecular formula is C19H19BrN2O2. The molecule has 0 amide bonds. The molecule has 1 N–H and O–H groups in total. The number of fused-ring (bicyclic) bond motifs is 1. The minimum atomic E-state index is -0.194. The van der Waals surface area contributed by atoms with Gasteiger partial charge in [-0.15, -0.1) is 0 Å². The zero-order valence-corrected chi connectivity index (χ0v) is 15.5. The predicted octanol–water partition coefficient (Wildman–Crippen LogP) is 3.94. The van der Waals surface area contributed by atoms with Gasteiger partial charge < -0.3 is 5.11 Å². The number of aliphatic hydroxyl groups excluding tert-OH is 1. The lowest BCUT2D eigenvalue weighted by Gasteiger charge is -2.19. The normalized spacial score (nSPS) is 11.9. The highest BCUT2D eigenvalue weighted by Crippen LogP contribution is 2.26. The van der Waals surface area contributed by atoms with Gasteiger partial charge in [0.05, 0.1) is 23.9 Å². The van der Waals surface area contributed by atoms with Gasteiger partial charge in [0, 0.05) is 15.4 Å². The Morgan fingerprint density at radius 2 is 1.96 bits per heavy atom. The maximum absolute atomic E-state index is 12.9. The SMILES string of the molecule is CC(C)(C)c1ccc2c(=O)n(-c3cccc(Br)c3CO)ncc2c1. The van der Waals surface area contributed by atoms with Gasteiger partial charge in [-0.3, -0.25) is 4.79 Å². The van der Waals surface area contributed by atoms with Crippen LogP contribution < -0.4 is 5.56 Å². The molecule has 4 nitrogen and oxygen atoms in total. The summed E-state index contributed by atoms with van der Waals surface area (Å²) < 4.78 is 2.09. The van der Waals surface area contributed by atoms with E-state index in [0.717, 1.165) is 15.4 Å². The lowest BCUT2D eigenvalue weighted by molar-refractivity contribution is 0.280.